The van der Waals surface area contributed by atoms with Gasteiger partial charge in [-0.3, -0.25) is 9.59 Å². The van der Waals surface area contributed by atoms with Gasteiger partial charge in [0, 0.05) is 38.8 Å². The number of nitrogens with one attached hydrogen (secondary N) is 1. The van der Waals surface area contributed by atoms with Gasteiger partial charge in [-0.1, -0.05) is 39.5 Å². The highest BCUT2D eigenvalue weighted by Crippen LogP contribution is 2.66. The molecule has 3 unspecified atom stereocenters. The van der Waals surface area contributed by atoms with Crippen molar-refractivity contribution in [2.24, 2.45) is 34.5 Å². The number of ether oxygens (including phenoxy) is 1. The van der Waals surface area contributed by atoms with E-state index in [-0.39, 0.29) is 29.5 Å². The van der Waals surface area contributed by atoms with E-state index in [4.69, 9.17) is 4.74 Å². The fourth-order valence-corrected chi connectivity index (χ4v) is 9.36. The summed E-state index contributed by atoms with van der Waals surface area (Å²) in [6.07, 6.45) is 5.12. The summed E-state index contributed by atoms with van der Waals surface area (Å²) in [6.45, 7) is 5.77. The molecular weight excluding hydrogens is 569 g/mol. The highest BCUT2D eigenvalue weighted by molar-refractivity contribution is 5.79. The number of hydrogen-bond acceptors (Lipinski definition) is 4. The van der Waals surface area contributed by atoms with Crippen molar-refractivity contribution >= 4 is 11.7 Å². The average molecular weight is 622 g/mol. The van der Waals surface area contributed by atoms with Gasteiger partial charge in [-0.05, 0) is 92.3 Å². The molecule has 2 N–H and O–H groups in total. The summed E-state index contributed by atoms with van der Waals surface area (Å²) in [5.74, 6) is -2.87. The molecule has 4 aliphatic rings. The van der Waals surface area contributed by atoms with Gasteiger partial charge in [-0.2, -0.15) is 22.0 Å². The maximum absolute atomic E-state index is 12.9. The summed E-state index contributed by atoms with van der Waals surface area (Å²) in [6, 6.07) is 0. The first kappa shape index (κ1) is 34.6. The van der Waals surface area contributed by atoms with E-state index in [0.29, 0.717) is 55.4 Å². The Hall–Kier alpha value is -1.29. The molecule has 0 aromatic heterocycles. The SMILES string of the molecule is C[C@]12CCC(=O)CC1CC[C@@H]1[C@H]2C(OCCCCCCCCNC(=O)CCCC(F)(F)C(F)(F)F)C[C@]2(C)C(O)CC[C@@H]12. The number of aliphatic hydroxyl groups is 1. The molecule has 0 saturated heterocycles. The van der Waals surface area contributed by atoms with Crippen LogP contribution in [0.2, 0.25) is 0 Å². The average Bonchev–Trinajstić information content (AvgIpc) is 3.22. The van der Waals surface area contributed by atoms with E-state index in [1.165, 1.54) is 0 Å². The lowest BCUT2D eigenvalue weighted by molar-refractivity contribution is -0.284. The van der Waals surface area contributed by atoms with Crippen LogP contribution in [0.5, 0.6) is 0 Å². The van der Waals surface area contributed by atoms with Crippen molar-refractivity contribution in [3.63, 3.8) is 0 Å². The molecule has 8 atom stereocenters. The van der Waals surface area contributed by atoms with E-state index < -0.39 is 30.8 Å². The highest BCUT2D eigenvalue weighted by Gasteiger charge is 2.63. The van der Waals surface area contributed by atoms with Crippen molar-refractivity contribution in [3.8, 4) is 0 Å². The van der Waals surface area contributed by atoms with E-state index >= 15 is 0 Å². The summed E-state index contributed by atoms with van der Waals surface area (Å²) < 4.78 is 69.1. The van der Waals surface area contributed by atoms with Gasteiger partial charge in [0.2, 0.25) is 5.91 Å². The Labute approximate surface area is 253 Å². The number of hydrogen-bond donors (Lipinski definition) is 2. The van der Waals surface area contributed by atoms with E-state index in [9.17, 15) is 36.6 Å². The van der Waals surface area contributed by atoms with Gasteiger partial charge in [-0.15, -0.1) is 0 Å². The maximum Gasteiger partial charge on any atom is 0.453 e. The van der Waals surface area contributed by atoms with Crippen molar-refractivity contribution in [1.82, 2.24) is 5.32 Å². The molecule has 0 spiro atoms. The molecule has 0 aliphatic heterocycles. The Balaban J connectivity index is 1.14. The van der Waals surface area contributed by atoms with Crippen LogP contribution in [0.4, 0.5) is 22.0 Å². The first-order chi connectivity index (χ1) is 20.2. The van der Waals surface area contributed by atoms with Crippen LogP contribution in [-0.4, -0.2) is 54.3 Å². The standard InChI is InChI=1S/C33H52F5NO4/c1-30-17-15-23(40)20-22(30)11-12-24-25-13-14-27(41)31(25,2)21-26(29(24)30)43-19-8-6-4-3-5-7-18-39-28(42)10-9-16-32(34,35)33(36,37)38/h22,24-27,29,41H,3-21H2,1-2H3,(H,39,42)/t22?,24-,25-,26?,27?,29-,30-,31-/m0/s1. The molecule has 1 amide bonds. The van der Waals surface area contributed by atoms with E-state index in [0.717, 1.165) is 77.0 Å². The third-order valence-electron chi connectivity index (χ3n) is 11.9. The van der Waals surface area contributed by atoms with Gasteiger partial charge in [0.05, 0.1) is 12.2 Å². The third kappa shape index (κ3) is 7.75. The predicted octanol–water partition coefficient (Wildman–Crippen LogP) is 7.78. The Bertz CT molecular complexity index is 960. The van der Waals surface area contributed by atoms with E-state index in [2.05, 4.69) is 19.2 Å². The molecule has 4 aliphatic carbocycles. The van der Waals surface area contributed by atoms with Gasteiger partial charge in [0.25, 0.3) is 0 Å². The molecule has 248 valence electrons. The largest absolute Gasteiger partial charge is 0.453 e. The number of fused-ring (bicyclic) bond motifs is 5. The Morgan fingerprint density at radius 1 is 0.953 bits per heavy atom. The molecule has 0 aromatic rings. The zero-order valence-electron chi connectivity index (χ0n) is 26.0. The Kier molecular flexibility index (Phi) is 11.3. The number of ketones is 1. The number of halogens is 5. The van der Waals surface area contributed by atoms with Gasteiger partial charge >= 0.3 is 12.1 Å². The van der Waals surface area contributed by atoms with Crippen LogP contribution in [0.25, 0.3) is 0 Å². The van der Waals surface area contributed by atoms with Crippen molar-refractivity contribution in [1.29, 1.82) is 0 Å². The van der Waals surface area contributed by atoms with Crippen LogP contribution in [-0.2, 0) is 14.3 Å². The molecule has 5 nitrogen and oxygen atoms in total. The molecule has 0 heterocycles. The topological polar surface area (TPSA) is 75.6 Å². The molecule has 10 heteroatoms. The normalized spacial score (nSPS) is 36.1. The summed E-state index contributed by atoms with van der Waals surface area (Å²) in [5.41, 5.74) is 0.0308. The number of unbranched alkanes of at least 4 members (excludes halogenated alkanes) is 5. The van der Waals surface area contributed by atoms with Gasteiger partial charge in [-0.25, -0.2) is 0 Å². The Morgan fingerprint density at radius 2 is 1.65 bits per heavy atom. The third-order valence-corrected chi connectivity index (χ3v) is 11.9. The molecule has 0 bridgehead atoms. The zero-order valence-corrected chi connectivity index (χ0v) is 26.0. The van der Waals surface area contributed by atoms with Crippen molar-refractivity contribution in [3.05, 3.63) is 0 Å². The minimum Gasteiger partial charge on any atom is -0.393 e. The summed E-state index contributed by atoms with van der Waals surface area (Å²) in [5, 5.41) is 13.6. The van der Waals surface area contributed by atoms with Crippen LogP contribution < -0.4 is 5.32 Å². The maximum atomic E-state index is 12.9. The molecule has 0 radical (unpaired) electrons. The second kappa shape index (κ2) is 14.0. The van der Waals surface area contributed by atoms with Gasteiger partial charge in [0.1, 0.15) is 5.78 Å². The minimum absolute atomic E-state index is 0.0942. The lowest BCUT2D eigenvalue weighted by Gasteiger charge is -2.62. The molecule has 4 saturated carbocycles. The highest BCUT2D eigenvalue weighted by atomic mass is 19.4. The van der Waals surface area contributed by atoms with Crippen LogP contribution in [0.1, 0.15) is 123 Å². The Morgan fingerprint density at radius 3 is 2.37 bits per heavy atom. The smallest absolute Gasteiger partial charge is 0.393 e. The number of aliphatic hydroxyl groups excluding tert-OH is 1. The monoisotopic (exact) mass is 621 g/mol. The minimum atomic E-state index is -5.58. The van der Waals surface area contributed by atoms with Crippen LogP contribution in [0, 0.1) is 34.5 Å². The summed E-state index contributed by atoms with van der Waals surface area (Å²) in [7, 11) is 0. The van der Waals surface area contributed by atoms with Gasteiger partial charge in [0.15, 0.2) is 0 Å². The summed E-state index contributed by atoms with van der Waals surface area (Å²) in [4.78, 5) is 24.1. The molecular formula is C33H52F5NO4. The van der Waals surface area contributed by atoms with Crippen LogP contribution in [0.3, 0.4) is 0 Å². The molecule has 43 heavy (non-hydrogen) atoms. The number of rotatable bonds is 14. The number of carbonyl (C=O) groups excluding carboxylic acids is 2. The fraction of sp³-hybridized carbons (Fsp3) is 0.939. The molecule has 0 aromatic carbocycles. The van der Waals surface area contributed by atoms with E-state index in [1.54, 1.807) is 0 Å². The molecule has 4 rings (SSSR count). The van der Waals surface area contributed by atoms with Crippen LogP contribution >= 0.6 is 0 Å². The molecule has 4 fully saturated rings. The van der Waals surface area contributed by atoms with Crippen molar-refractivity contribution in [2.75, 3.05) is 13.2 Å². The first-order valence-electron chi connectivity index (χ1n) is 16.7. The fourth-order valence-electron chi connectivity index (χ4n) is 9.36. The predicted molar refractivity (Wildman–Crippen MR) is 153 cm³/mol. The van der Waals surface area contributed by atoms with E-state index in [1.807, 2.05) is 0 Å². The number of amides is 1. The zero-order chi connectivity index (χ0) is 31.5. The van der Waals surface area contributed by atoms with Crippen LogP contribution in [0.15, 0.2) is 0 Å². The number of Topliss-reactive ketones (excluding diaryl/α,β-unsaturated/α-hetero) is 1. The quantitative estimate of drug-likeness (QED) is 0.153. The lowest BCUT2D eigenvalue weighted by Crippen LogP contribution is -2.60. The number of alkyl halides is 5. The first-order valence-corrected chi connectivity index (χ1v) is 16.7. The van der Waals surface area contributed by atoms with Gasteiger partial charge < -0.3 is 15.2 Å². The van der Waals surface area contributed by atoms with Crippen molar-refractivity contribution < 1.29 is 41.4 Å². The lowest BCUT2D eigenvalue weighted by atomic mass is 9.44. The summed E-state index contributed by atoms with van der Waals surface area (Å²) >= 11 is 0. The number of carbonyl (C=O) groups is 2. The second-order valence-electron chi connectivity index (χ2n) is 14.6. The second-order valence-corrected chi connectivity index (χ2v) is 14.6. The van der Waals surface area contributed by atoms with Crippen molar-refractivity contribution in [2.45, 2.75) is 147 Å².